The van der Waals surface area contributed by atoms with E-state index in [1.54, 1.807) is 36.7 Å². The van der Waals surface area contributed by atoms with Crippen LogP contribution in [0.3, 0.4) is 0 Å². The second-order valence-corrected chi connectivity index (χ2v) is 11.0. The third-order valence-corrected chi connectivity index (χ3v) is 7.85. The first-order chi connectivity index (χ1) is 22.5. The van der Waals surface area contributed by atoms with Crippen molar-refractivity contribution in [2.75, 3.05) is 32.1 Å². The van der Waals surface area contributed by atoms with E-state index in [1.165, 1.54) is 7.11 Å². The maximum absolute atomic E-state index is 14.0. The highest BCUT2D eigenvalue weighted by molar-refractivity contribution is 5.98. The normalized spacial score (nSPS) is 16.5. The molecule has 5 rings (SSSR count). The summed E-state index contributed by atoms with van der Waals surface area (Å²) in [4.78, 5) is 30.8. The molecular weight excluding hydrogens is 582 g/mol. The van der Waals surface area contributed by atoms with E-state index in [1.807, 2.05) is 66.7 Å². The summed E-state index contributed by atoms with van der Waals surface area (Å²) >= 11 is 0. The summed E-state index contributed by atoms with van der Waals surface area (Å²) in [6.45, 7) is 1.74. The van der Waals surface area contributed by atoms with Crippen LogP contribution in [0, 0.1) is 11.3 Å². The molecule has 4 aromatic rings. The molecule has 0 unspecified atom stereocenters. The van der Waals surface area contributed by atoms with Crippen LogP contribution in [-0.2, 0) is 20.7 Å². The summed E-state index contributed by atoms with van der Waals surface area (Å²) in [5, 5.41) is 18.2. The first-order valence-corrected chi connectivity index (χ1v) is 15.2. The molecule has 0 spiro atoms. The van der Waals surface area contributed by atoms with Gasteiger partial charge in [0.2, 0.25) is 5.91 Å². The molecule has 2 amide bonds. The van der Waals surface area contributed by atoms with E-state index in [0.717, 1.165) is 16.7 Å². The quantitative estimate of drug-likeness (QED) is 0.206. The Kier molecular flexibility index (Phi) is 11.3. The summed E-state index contributed by atoms with van der Waals surface area (Å²) in [5.41, 5.74) is 3.79. The highest BCUT2D eigenvalue weighted by Gasteiger charge is 2.33. The van der Waals surface area contributed by atoms with Crippen LogP contribution in [0.2, 0.25) is 0 Å². The number of alkyl carbamates (subject to hydrolysis) is 1. The second kappa shape index (κ2) is 16.2. The molecule has 1 aliphatic heterocycles. The number of hydrogen-bond acceptors (Lipinski definition) is 8. The molecule has 10 heteroatoms. The molecule has 1 aliphatic rings. The number of nitriles is 1. The van der Waals surface area contributed by atoms with Crippen LogP contribution in [0.5, 0.6) is 5.75 Å². The van der Waals surface area contributed by atoms with Gasteiger partial charge in [0.25, 0.3) is 0 Å². The lowest BCUT2D eigenvalue weighted by Crippen LogP contribution is -2.48. The van der Waals surface area contributed by atoms with E-state index in [0.29, 0.717) is 49.5 Å². The molecule has 3 N–H and O–H groups in total. The predicted molar refractivity (Wildman–Crippen MR) is 173 cm³/mol. The Morgan fingerprint density at radius 3 is 2.30 bits per heavy atom. The number of morpholine rings is 1. The first kappa shape index (κ1) is 32.2. The third kappa shape index (κ3) is 8.69. The van der Waals surface area contributed by atoms with Crippen LogP contribution in [0.25, 0.3) is 0 Å². The maximum Gasteiger partial charge on any atom is 0.407 e. The first-order valence-electron chi connectivity index (χ1n) is 15.2. The summed E-state index contributed by atoms with van der Waals surface area (Å²) in [6, 6.07) is 29.2. The molecule has 2 heterocycles. The highest BCUT2D eigenvalue weighted by atomic mass is 16.5. The van der Waals surface area contributed by atoms with Gasteiger partial charge in [-0.3, -0.25) is 9.78 Å². The molecule has 3 atom stereocenters. The summed E-state index contributed by atoms with van der Waals surface area (Å²) in [6.07, 6.45) is 3.75. The minimum absolute atomic E-state index is 0.0608. The molecule has 236 valence electrons. The standard InChI is InChI=1S/C36H37N5O5/c1-44-36(43)41-34(33(27-8-4-2-5-9-27)28-10-6-3-7-11-28)35(42)40-32-23-38-19-18-26(32)14-17-30-21-39-22-31(46-30)24-45-29-15-12-25(20-37)13-16-29/h2-13,15-16,18-19,23,30-31,33-34,39H,14,17,21-22,24H2,1H3,(H,40,42)(H,41,43)/t30-,31+,34+/m1/s1. The van der Waals surface area contributed by atoms with E-state index in [-0.39, 0.29) is 12.2 Å². The van der Waals surface area contributed by atoms with Gasteiger partial charge in [-0.15, -0.1) is 0 Å². The molecule has 0 saturated carbocycles. The van der Waals surface area contributed by atoms with Gasteiger partial charge in [0.15, 0.2) is 0 Å². The molecule has 1 aromatic heterocycles. The van der Waals surface area contributed by atoms with Crippen LogP contribution >= 0.6 is 0 Å². The van der Waals surface area contributed by atoms with Gasteiger partial charge in [-0.2, -0.15) is 5.26 Å². The largest absolute Gasteiger partial charge is 0.491 e. The summed E-state index contributed by atoms with van der Waals surface area (Å²) < 4.78 is 17.1. The topological polar surface area (TPSA) is 135 Å². The highest BCUT2D eigenvalue weighted by Crippen LogP contribution is 2.30. The number of benzene rings is 3. The van der Waals surface area contributed by atoms with Crippen molar-refractivity contribution in [3.63, 3.8) is 0 Å². The number of rotatable bonds is 12. The van der Waals surface area contributed by atoms with E-state index in [4.69, 9.17) is 19.5 Å². The fourth-order valence-electron chi connectivity index (χ4n) is 5.52. The number of aryl methyl sites for hydroxylation is 1. The molecule has 0 radical (unpaired) electrons. The lowest BCUT2D eigenvalue weighted by atomic mass is 9.84. The van der Waals surface area contributed by atoms with Crippen LogP contribution in [0.15, 0.2) is 103 Å². The molecule has 1 fully saturated rings. The van der Waals surface area contributed by atoms with Crippen LogP contribution in [0.4, 0.5) is 10.5 Å². The van der Waals surface area contributed by atoms with Crippen molar-refractivity contribution in [3.8, 4) is 11.8 Å². The Hall–Kier alpha value is -5.24. The number of amides is 2. The number of hydrogen-bond donors (Lipinski definition) is 3. The number of carbonyl (C=O) groups is 2. The Balaban J connectivity index is 1.26. The predicted octanol–water partition coefficient (Wildman–Crippen LogP) is 4.82. The van der Waals surface area contributed by atoms with Crippen molar-refractivity contribution in [3.05, 3.63) is 126 Å². The van der Waals surface area contributed by atoms with Crippen LogP contribution < -0.4 is 20.7 Å². The van der Waals surface area contributed by atoms with Crippen molar-refractivity contribution in [1.29, 1.82) is 5.26 Å². The Bertz CT molecular complexity index is 1570. The van der Waals surface area contributed by atoms with Gasteiger partial charge in [-0.05, 0) is 59.9 Å². The molecule has 3 aromatic carbocycles. The van der Waals surface area contributed by atoms with E-state index < -0.39 is 24.0 Å². The molecule has 1 saturated heterocycles. The number of nitrogens with one attached hydrogen (secondary N) is 3. The van der Waals surface area contributed by atoms with Gasteiger partial charge in [0.1, 0.15) is 24.5 Å². The molecule has 46 heavy (non-hydrogen) atoms. The smallest absolute Gasteiger partial charge is 0.407 e. The van der Waals surface area contributed by atoms with Crippen molar-refractivity contribution < 1.29 is 23.8 Å². The number of anilines is 1. The number of aromatic nitrogens is 1. The van der Waals surface area contributed by atoms with Crippen molar-refractivity contribution in [2.45, 2.75) is 37.0 Å². The van der Waals surface area contributed by atoms with Gasteiger partial charge in [-0.1, -0.05) is 60.7 Å². The van der Waals surface area contributed by atoms with Crippen molar-refractivity contribution >= 4 is 17.7 Å². The number of pyridine rings is 1. The summed E-state index contributed by atoms with van der Waals surface area (Å²) in [5.74, 6) is -0.191. The molecular formula is C36H37N5O5. The molecule has 0 bridgehead atoms. The number of methoxy groups -OCH3 is 1. The fourth-order valence-corrected chi connectivity index (χ4v) is 5.52. The second-order valence-electron chi connectivity index (χ2n) is 11.0. The van der Waals surface area contributed by atoms with Crippen molar-refractivity contribution in [2.24, 2.45) is 0 Å². The monoisotopic (exact) mass is 619 g/mol. The van der Waals surface area contributed by atoms with Gasteiger partial charge in [0, 0.05) is 25.2 Å². The minimum Gasteiger partial charge on any atom is -0.491 e. The van der Waals surface area contributed by atoms with Gasteiger partial charge < -0.3 is 30.2 Å². The average Bonchev–Trinajstić information content (AvgIpc) is 3.11. The zero-order chi connectivity index (χ0) is 32.1. The molecule has 0 aliphatic carbocycles. The van der Waals surface area contributed by atoms with Crippen LogP contribution in [-0.4, -0.2) is 62.0 Å². The van der Waals surface area contributed by atoms with E-state index in [9.17, 15) is 9.59 Å². The number of nitrogens with zero attached hydrogens (tertiary/aromatic N) is 2. The van der Waals surface area contributed by atoms with Gasteiger partial charge >= 0.3 is 6.09 Å². The Labute approximate surface area is 268 Å². The fraction of sp³-hybridized carbons (Fsp3) is 0.278. The SMILES string of the molecule is COC(=O)N[C@H](C(=O)Nc1cnccc1CC[C@@H]1CNC[C@@H](COc2ccc(C#N)cc2)O1)C(c1ccccc1)c1ccccc1. The lowest BCUT2D eigenvalue weighted by molar-refractivity contribution is -0.118. The van der Waals surface area contributed by atoms with Gasteiger partial charge in [0.05, 0.1) is 36.7 Å². The average molecular weight is 620 g/mol. The van der Waals surface area contributed by atoms with Gasteiger partial charge in [-0.25, -0.2) is 4.79 Å². The number of carbonyl (C=O) groups excluding carboxylic acids is 2. The Morgan fingerprint density at radius 2 is 1.65 bits per heavy atom. The maximum atomic E-state index is 14.0. The zero-order valence-electron chi connectivity index (χ0n) is 25.6. The lowest BCUT2D eigenvalue weighted by Gasteiger charge is -2.31. The Morgan fingerprint density at radius 1 is 0.978 bits per heavy atom. The molecule has 10 nitrogen and oxygen atoms in total. The van der Waals surface area contributed by atoms with E-state index >= 15 is 0 Å². The minimum atomic E-state index is -0.979. The zero-order valence-corrected chi connectivity index (χ0v) is 25.6. The van der Waals surface area contributed by atoms with Crippen molar-refractivity contribution in [1.82, 2.24) is 15.6 Å². The summed E-state index contributed by atoms with van der Waals surface area (Å²) in [7, 11) is 1.27. The van der Waals surface area contributed by atoms with Crippen LogP contribution in [0.1, 0.15) is 34.6 Å². The van der Waals surface area contributed by atoms with E-state index in [2.05, 4.69) is 27.0 Å². The third-order valence-electron chi connectivity index (χ3n) is 7.85. The number of ether oxygens (including phenoxy) is 3.